The molecule has 0 N–H and O–H groups in total. The van der Waals surface area contributed by atoms with Gasteiger partial charge in [0.05, 0.1) is 15.6 Å². The van der Waals surface area contributed by atoms with Crippen molar-refractivity contribution in [3.8, 4) is 0 Å². The molecule has 0 radical (unpaired) electrons. The fourth-order valence-corrected chi connectivity index (χ4v) is 5.03. The molecule has 1 unspecified atom stereocenters. The highest BCUT2D eigenvalue weighted by atomic mass is 35.5. The zero-order valence-electron chi connectivity index (χ0n) is 13.9. The number of halogens is 1. The van der Waals surface area contributed by atoms with Crippen molar-refractivity contribution in [3.63, 3.8) is 0 Å². The number of rotatable bonds is 3. The van der Waals surface area contributed by atoms with E-state index in [9.17, 15) is 0 Å². The van der Waals surface area contributed by atoms with Crippen molar-refractivity contribution in [2.45, 2.75) is 41.5 Å². The van der Waals surface area contributed by atoms with Crippen LogP contribution in [0.15, 0.2) is 46.3 Å². The van der Waals surface area contributed by atoms with E-state index in [1.807, 2.05) is 6.07 Å². The SMILES string of the molecule is CN1CCCCC1CCN1c2ccccc2Sc2cc(Cl)cnc21. The summed E-state index contributed by atoms with van der Waals surface area (Å²) in [4.78, 5) is 12.0. The lowest BCUT2D eigenvalue weighted by Crippen LogP contribution is -2.38. The fraction of sp³-hybridized carbons (Fsp3) is 0.421. The summed E-state index contributed by atoms with van der Waals surface area (Å²) >= 11 is 7.93. The van der Waals surface area contributed by atoms with Gasteiger partial charge in [0.1, 0.15) is 5.82 Å². The predicted octanol–water partition coefficient (Wildman–Crippen LogP) is 5.21. The van der Waals surface area contributed by atoms with Crippen LogP contribution in [0.2, 0.25) is 5.02 Å². The fourth-order valence-electron chi connectivity index (χ4n) is 3.70. The van der Waals surface area contributed by atoms with Crippen molar-refractivity contribution in [3.05, 3.63) is 41.6 Å². The molecule has 1 fully saturated rings. The number of piperidine rings is 1. The third-order valence-corrected chi connectivity index (χ3v) is 6.33. The topological polar surface area (TPSA) is 19.4 Å². The normalized spacial score (nSPS) is 20.6. The maximum absolute atomic E-state index is 6.17. The first kappa shape index (κ1) is 16.2. The maximum Gasteiger partial charge on any atom is 0.147 e. The Morgan fingerprint density at radius 2 is 2.12 bits per heavy atom. The smallest absolute Gasteiger partial charge is 0.147 e. The van der Waals surface area contributed by atoms with Gasteiger partial charge in [0.15, 0.2) is 0 Å². The Kier molecular flexibility index (Phi) is 4.70. The molecule has 0 amide bonds. The summed E-state index contributed by atoms with van der Waals surface area (Å²) < 4.78 is 0. The second-order valence-electron chi connectivity index (χ2n) is 6.62. The van der Waals surface area contributed by atoms with Crippen molar-refractivity contribution >= 4 is 34.9 Å². The lowest BCUT2D eigenvalue weighted by atomic mass is 10.00. The molecule has 2 aliphatic rings. The van der Waals surface area contributed by atoms with Crippen molar-refractivity contribution in [2.24, 2.45) is 0 Å². The first-order valence-electron chi connectivity index (χ1n) is 8.62. The molecular weight excluding hydrogens is 338 g/mol. The van der Waals surface area contributed by atoms with E-state index in [0.29, 0.717) is 11.1 Å². The molecule has 0 saturated carbocycles. The minimum atomic E-state index is 0.677. The van der Waals surface area contributed by atoms with Crippen LogP contribution in [0.5, 0.6) is 0 Å². The third kappa shape index (κ3) is 3.15. The molecule has 1 saturated heterocycles. The van der Waals surface area contributed by atoms with Gasteiger partial charge >= 0.3 is 0 Å². The first-order chi connectivity index (χ1) is 11.7. The van der Waals surface area contributed by atoms with E-state index in [-0.39, 0.29) is 0 Å². The van der Waals surface area contributed by atoms with Gasteiger partial charge in [-0.2, -0.15) is 0 Å². The van der Waals surface area contributed by atoms with Gasteiger partial charge in [0.25, 0.3) is 0 Å². The van der Waals surface area contributed by atoms with Crippen LogP contribution in [0.3, 0.4) is 0 Å². The molecule has 3 nitrogen and oxygen atoms in total. The molecule has 3 heterocycles. The highest BCUT2D eigenvalue weighted by Gasteiger charge is 2.26. The Morgan fingerprint density at radius 1 is 1.25 bits per heavy atom. The lowest BCUT2D eigenvalue weighted by Gasteiger charge is -2.36. The molecule has 1 aromatic heterocycles. The molecule has 0 bridgehead atoms. The van der Waals surface area contributed by atoms with E-state index in [1.165, 1.54) is 42.8 Å². The van der Waals surface area contributed by atoms with Crippen LogP contribution in [0.25, 0.3) is 0 Å². The molecule has 24 heavy (non-hydrogen) atoms. The maximum atomic E-state index is 6.17. The molecule has 4 rings (SSSR count). The highest BCUT2D eigenvalue weighted by Crippen LogP contribution is 2.47. The van der Waals surface area contributed by atoms with Crippen molar-refractivity contribution < 1.29 is 0 Å². The van der Waals surface area contributed by atoms with E-state index in [4.69, 9.17) is 11.6 Å². The van der Waals surface area contributed by atoms with Crippen LogP contribution < -0.4 is 4.90 Å². The van der Waals surface area contributed by atoms with Gasteiger partial charge < -0.3 is 9.80 Å². The largest absolute Gasteiger partial charge is 0.324 e. The number of likely N-dealkylation sites (tertiary alicyclic amines) is 1. The van der Waals surface area contributed by atoms with E-state index in [0.717, 1.165) is 17.3 Å². The van der Waals surface area contributed by atoms with Gasteiger partial charge in [0.2, 0.25) is 0 Å². The number of hydrogen-bond donors (Lipinski definition) is 0. The number of aromatic nitrogens is 1. The minimum absolute atomic E-state index is 0.677. The quantitative estimate of drug-likeness (QED) is 0.748. The van der Waals surface area contributed by atoms with Crippen molar-refractivity contribution in [1.29, 1.82) is 0 Å². The van der Waals surface area contributed by atoms with E-state index >= 15 is 0 Å². The number of pyridine rings is 1. The number of nitrogens with zero attached hydrogens (tertiary/aromatic N) is 3. The van der Waals surface area contributed by atoms with Gasteiger partial charge in [-0.3, -0.25) is 0 Å². The van der Waals surface area contributed by atoms with Crippen LogP contribution >= 0.6 is 23.4 Å². The highest BCUT2D eigenvalue weighted by molar-refractivity contribution is 7.99. The molecular formula is C19H22ClN3S. The number of anilines is 2. The summed E-state index contributed by atoms with van der Waals surface area (Å²) in [6.07, 6.45) is 6.92. The van der Waals surface area contributed by atoms with Crippen molar-refractivity contribution in [1.82, 2.24) is 9.88 Å². The first-order valence-corrected chi connectivity index (χ1v) is 9.82. The second-order valence-corrected chi connectivity index (χ2v) is 8.14. The average Bonchev–Trinajstić information content (AvgIpc) is 2.59. The van der Waals surface area contributed by atoms with Crippen LogP contribution in [0, 0.1) is 0 Å². The summed E-state index contributed by atoms with van der Waals surface area (Å²) in [7, 11) is 2.26. The summed E-state index contributed by atoms with van der Waals surface area (Å²) in [5.74, 6) is 1.04. The van der Waals surface area contributed by atoms with Crippen molar-refractivity contribution in [2.75, 3.05) is 25.0 Å². The average molecular weight is 360 g/mol. The molecule has 1 atom stereocenters. The van der Waals surface area contributed by atoms with Gasteiger partial charge in [-0.15, -0.1) is 0 Å². The summed E-state index contributed by atoms with van der Waals surface area (Å²) in [5, 5.41) is 0.701. The Morgan fingerprint density at radius 3 is 3.00 bits per heavy atom. The Hall–Kier alpha value is -1.23. The summed E-state index contributed by atoms with van der Waals surface area (Å²) in [6.45, 7) is 2.22. The zero-order chi connectivity index (χ0) is 16.5. The van der Waals surface area contributed by atoms with Gasteiger partial charge in [-0.25, -0.2) is 4.98 Å². The lowest BCUT2D eigenvalue weighted by molar-refractivity contribution is 0.178. The number of hydrogen-bond acceptors (Lipinski definition) is 4. The summed E-state index contributed by atoms with van der Waals surface area (Å²) in [5.41, 5.74) is 1.27. The third-order valence-electron chi connectivity index (χ3n) is 5.04. The number of benzene rings is 1. The number of fused-ring (bicyclic) bond motifs is 2. The van der Waals surface area contributed by atoms with Crippen LogP contribution in [-0.4, -0.2) is 36.1 Å². The molecule has 0 aliphatic carbocycles. The van der Waals surface area contributed by atoms with Gasteiger partial charge in [-0.1, -0.05) is 41.9 Å². The molecule has 1 aromatic carbocycles. The van der Waals surface area contributed by atoms with Crippen LogP contribution in [0.4, 0.5) is 11.5 Å². The Balaban J connectivity index is 1.62. The molecule has 2 aliphatic heterocycles. The predicted molar refractivity (Wildman–Crippen MR) is 102 cm³/mol. The summed E-state index contributed by atoms with van der Waals surface area (Å²) in [6, 6.07) is 11.3. The van der Waals surface area contributed by atoms with Crippen LogP contribution in [0.1, 0.15) is 25.7 Å². The zero-order valence-corrected chi connectivity index (χ0v) is 15.5. The molecule has 0 spiro atoms. The number of para-hydroxylation sites is 1. The Labute approximate surface area is 153 Å². The van der Waals surface area contributed by atoms with Gasteiger partial charge in [-0.05, 0) is 51.1 Å². The molecule has 2 aromatic rings. The molecule has 126 valence electrons. The monoisotopic (exact) mass is 359 g/mol. The van der Waals surface area contributed by atoms with E-state index < -0.39 is 0 Å². The second kappa shape index (κ2) is 6.95. The molecule has 5 heteroatoms. The van der Waals surface area contributed by atoms with E-state index in [2.05, 4.69) is 46.1 Å². The van der Waals surface area contributed by atoms with E-state index in [1.54, 1.807) is 18.0 Å². The minimum Gasteiger partial charge on any atom is -0.324 e. The van der Waals surface area contributed by atoms with Gasteiger partial charge in [0, 0.05) is 23.7 Å². The standard InChI is InChI=1S/C19H22ClN3S/c1-22-10-5-4-6-15(22)9-11-23-16-7-2-3-8-17(16)24-18-12-14(20)13-21-19(18)23/h2-3,7-8,12-13,15H,4-6,9-11H2,1H3. The Bertz CT molecular complexity index is 736. The van der Waals surface area contributed by atoms with Crippen LogP contribution in [-0.2, 0) is 0 Å².